The third-order valence-corrected chi connectivity index (χ3v) is 3.29. The lowest BCUT2D eigenvalue weighted by Crippen LogP contribution is -2.25. The second-order valence-corrected chi connectivity index (χ2v) is 4.86. The first-order valence-corrected chi connectivity index (χ1v) is 5.85. The van der Waals surface area contributed by atoms with Crippen LogP contribution in [0.4, 0.5) is 13.2 Å². The molecule has 0 amide bonds. The molecule has 84 valence electrons. The minimum absolute atomic E-state index is 0.0679. The van der Waals surface area contributed by atoms with Gasteiger partial charge in [-0.15, -0.1) is 11.6 Å². The molecule has 0 aromatic heterocycles. The highest BCUT2D eigenvalue weighted by atomic mass is 35.5. The highest BCUT2D eigenvalue weighted by molar-refractivity contribution is 7.84. The first-order chi connectivity index (χ1) is 6.38. The van der Waals surface area contributed by atoms with Crippen LogP contribution in [-0.4, -0.2) is 33.5 Å². The second-order valence-electron chi connectivity index (χ2n) is 2.64. The van der Waals surface area contributed by atoms with Crippen molar-refractivity contribution in [3.63, 3.8) is 0 Å². The van der Waals surface area contributed by atoms with Crippen molar-refractivity contribution in [2.75, 3.05) is 11.5 Å². The summed E-state index contributed by atoms with van der Waals surface area (Å²) >= 11 is 5.03. The van der Waals surface area contributed by atoms with Gasteiger partial charge in [0.15, 0.2) is 0 Å². The molecular weight excluding hydrogens is 239 g/mol. The maximum absolute atomic E-state index is 11.9. The zero-order valence-corrected chi connectivity index (χ0v) is 8.88. The highest BCUT2D eigenvalue weighted by Crippen LogP contribution is 2.27. The van der Waals surface area contributed by atoms with Gasteiger partial charge in [-0.05, 0) is 19.1 Å². The molecule has 0 aliphatic rings. The van der Waals surface area contributed by atoms with Gasteiger partial charge in [0.1, 0.15) is 5.38 Å². The summed E-state index contributed by atoms with van der Waals surface area (Å²) in [6.45, 7) is 0. The molecule has 0 spiro atoms. The molecule has 0 bridgehead atoms. The Morgan fingerprint density at radius 3 is 2.43 bits per heavy atom. The largest absolute Gasteiger partial charge is 0.404 e. The summed E-state index contributed by atoms with van der Waals surface area (Å²) in [6.07, 6.45) is -3.35. The Hall–Kier alpha value is -0.100. The molecular formula is C7H11ClF3NOS. The normalized spacial score (nSPS) is 16.3. The fourth-order valence-corrected chi connectivity index (χ4v) is 2.01. The molecule has 2 nitrogen and oxygen atoms in total. The van der Waals surface area contributed by atoms with Crippen LogP contribution < -0.4 is 0 Å². The molecule has 0 radical (unpaired) electrons. The number of alkyl halides is 4. The molecule has 2 unspecified atom stereocenters. The number of hydrogen-bond acceptors (Lipinski definition) is 2. The molecule has 1 N–H and O–H groups in total. The number of halogens is 4. The van der Waals surface area contributed by atoms with Crippen molar-refractivity contribution in [2.45, 2.75) is 24.4 Å². The summed E-state index contributed by atoms with van der Waals surface area (Å²) in [7, 11) is -1.31. The first kappa shape index (κ1) is 13.9. The molecule has 0 aromatic rings. The summed E-state index contributed by atoms with van der Waals surface area (Å²) in [5.41, 5.74) is 0. The molecule has 0 rings (SSSR count). The van der Waals surface area contributed by atoms with Gasteiger partial charge in [-0.1, -0.05) is 0 Å². The third kappa shape index (κ3) is 6.37. The molecule has 0 aromatic carbocycles. The summed E-state index contributed by atoms with van der Waals surface area (Å²) in [5, 5.41) is 4.72. The zero-order valence-electron chi connectivity index (χ0n) is 7.31. The molecule has 0 heterocycles. The van der Waals surface area contributed by atoms with E-state index in [-0.39, 0.29) is 17.9 Å². The van der Waals surface area contributed by atoms with Crippen LogP contribution in [0.2, 0.25) is 0 Å². The topological polar surface area (TPSA) is 40.9 Å². The molecule has 14 heavy (non-hydrogen) atoms. The predicted octanol–water partition coefficient (Wildman–Crippen LogP) is 2.33. The van der Waals surface area contributed by atoms with Crippen LogP contribution in [0.1, 0.15) is 12.8 Å². The highest BCUT2D eigenvalue weighted by Gasteiger charge is 2.37. The Kier molecular flexibility index (Phi) is 6.35. The van der Waals surface area contributed by atoms with Crippen LogP contribution in [0.15, 0.2) is 0 Å². The lowest BCUT2D eigenvalue weighted by atomic mass is 10.3. The maximum atomic E-state index is 11.9. The average Bonchev–Trinajstić information content (AvgIpc) is 2.09. The SMILES string of the molecule is N=CCCS(=O)CCC(Cl)C(F)(F)F. The maximum Gasteiger partial charge on any atom is 0.404 e. The zero-order chi connectivity index (χ0) is 11.2. The molecule has 0 aliphatic heterocycles. The summed E-state index contributed by atoms with van der Waals surface area (Å²) in [4.78, 5) is 0. The summed E-state index contributed by atoms with van der Waals surface area (Å²) < 4.78 is 46.7. The number of nitrogens with one attached hydrogen (secondary N) is 1. The van der Waals surface area contributed by atoms with Crippen molar-refractivity contribution in [1.29, 1.82) is 5.41 Å². The molecule has 0 saturated carbocycles. The van der Waals surface area contributed by atoms with Gasteiger partial charge in [0.25, 0.3) is 0 Å². The molecule has 2 atom stereocenters. The Balaban J connectivity index is 3.72. The van der Waals surface area contributed by atoms with Gasteiger partial charge in [-0.2, -0.15) is 13.2 Å². The fraction of sp³-hybridized carbons (Fsp3) is 0.857. The van der Waals surface area contributed by atoms with Crippen molar-refractivity contribution in [2.24, 2.45) is 0 Å². The molecule has 7 heteroatoms. The molecule has 0 fully saturated rings. The van der Waals surface area contributed by atoms with E-state index < -0.39 is 22.4 Å². The van der Waals surface area contributed by atoms with E-state index in [2.05, 4.69) is 0 Å². The first-order valence-electron chi connectivity index (χ1n) is 3.92. The van der Waals surface area contributed by atoms with E-state index in [9.17, 15) is 17.4 Å². The van der Waals surface area contributed by atoms with Gasteiger partial charge < -0.3 is 5.41 Å². The lowest BCUT2D eigenvalue weighted by molar-refractivity contribution is -0.130. The van der Waals surface area contributed by atoms with Gasteiger partial charge in [0, 0.05) is 22.3 Å². The van der Waals surface area contributed by atoms with E-state index in [1.165, 1.54) is 0 Å². The summed E-state index contributed by atoms with van der Waals surface area (Å²) in [5.74, 6) is 0.159. The van der Waals surface area contributed by atoms with Gasteiger partial charge in [0.2, 0.25) is 0 Å². The van der Waals surface area contributed by atoms with Crippen LogP contribution in [0.5, 0.6) is 0 Å². The van der Waals surface area contributed by atoms with Crippen LogP contribution in [-0.2, 0) is 10.8 Å². The van der Waals surface area contributed by atoms with Gasteiger partial charge in [-0.3, -0.25) is 4.21 Å². The Labute approximate surface area is 87.8 Å². The number of rotatable bonds is 6. The third-order valence-electron chi connectivity index (χ3n) is 1.44. The number of hydrogen-bond donors (Lipinski definition) is 1. The van der Waals surface area contributed by atoms with E-state index in [1.54, 1.807) is 0 Å². The van der Waals surface area contributed by atoms with E-state index in [0.717, 1.165) is 6.21 Å². The lowest BCUT2D eigenvalue weighted by Gasteiger charge is -2.12. The predicted molar refractivity (Wildman–Crippen MR) is 51.6 cm³/mol. The van der Waals surface area contributed by atoms with Crippen molar-refractivity contribution in [3.05, 3.63) is 0 Å². The Morgan fingerprint density at radius 2 is 2.00 bits per heavy atom. The van der Waals surface area contributed by atoms with E-state index >= 15 is 0 Å². The van der Waals surface area contributed by atoms with E-state index in [1.807, 2.05) is 0 Å². The Bertz CT molecular complexity index is 210. The minimum Gasteiger partial charge on any atom is -0.313 e. The second kappa shape index (κ2) is 6.40. The van der Waals surface area contributed by atoms with Crippen LogP contribution in [0.3, 0.4) is 0 Å². The van der Waals surface area contributed by atoms with Crippen LogP contribution >= 0.6 is 11.6 Å². The van der Waals surface area contributed by atoms with Gasteiger partial charge >= 0.3 is 6.18 Å². The monoisotopic (exact) mass is 249 g/mol. The van der Waals surface area contributed by atoms with Gasteiger partial charge in [0.05, 0.1) is 0 Å². The average molecular weight is 250 g/mol. The van der Waals surface area contributed by atoms with E-state index in [0.29, 0.717) is 6.42 Å². The smallest absolute Gasteiger partial charge is 0.313 e. The summed E-state index contributed by atoms with van der Waals surface area (Å²) in [6, 6.07) is 0. The van der Waals surface area contributed by atoms with Crippen LogP contribution in [0.25, 0.3) is 0 Å². The van der Waals surface area contributed by atoms with Crippen molar-refractivity contribution in [3.8, 4) is 0 Å². The van der Waals surface area contributed by atoms with Crippen LogP contribution in [0, 0.1) is 5.41 Å². The minimum atomic E-state index is -4.42. The van der Waals surface area contributed by atoms with Crippen molar-refractivity contribution >= 4 is 28.6 Å². The standard InChI is InChI=1S/C7H11ClF3NOS/c8-6(7(9,10)11)2-5-14(13)4-1-3-12/h3,6,12H,1-2,4-5H2. The van der Waals surface area contributed by atoms with Crippen molar-refractivity contribution in [1.82, 2.24) is 0 Å². The Morgan fingerprint density at radius 1 is 1.43 bits per heavy atom. The fourth-order valence-electron chi connectivity index (χ4n) is 0.691. The van der Waals surface area contributed by atoms with Gasteiger partial charge in [-0.25, -0.2) is 0 Å². The van der Waals surface area contributed by atoms with E-state index in [4.69, 9.17) is 17.0 Å². The quantitative estimate of drug-likeness (QED) is 0.570. The molecule has 0 aliphatic carbocycles. The van der Waals surface area contributed by atoms with Crippen molar-refractivity contribution < 1.29 is 17.4 Å². The molecule has 0 saturated heterocycles.